The average Bonchev–Trinajstić information content (AvgIpc) is 2.37. The normalized spacial score (nSPS) is 18.0. The Morgan fingerprint density at radius 2 is 1.81 bits per heavy atom. The van der Waals surface area contributed by atoms with Crippen LogP contribution in [0.2, 0.25) is 0 Å². The maximum Gasteiger partial charge on any atom is 0.0625 e. The third kappa shape index (κ3) is 3.80. The van der Waals surface area contributed by atoms with Crippen LogP contribution in [0.1, 0.15) is 44.9 Å². The summed E-state index contributed by atoms with van der Waals surface area (Å²) in [6.45, 7) is 0. The van der Waals surface area contributed by atoms with Gasteiger partial charge in [-0.15, -0.1) is 0 Å². The van der Waals surface area contributed by atoms with Crippen molar-refractivity contribution in [2.75, 3.05) is 0 Å². The molecule has 0 aromatic heterocycles. The van der Waals surface area contributed by atoms with Gasteiger partial charge in [0.15, 0.2) is 0 Å². The molecule has 1 heteroatoms. The van der Waals surface area contributed by atoms with Crippen LogP contribution in [0.25, 0.3) is 0 Å². The van der Waals surface area contributed by atoms with Crippen molar-refractivity contribution in [1.82, 2.24) is 0 Å². The Bertz CT molecular complexity index is 309. The summed E-state index contributed by atoms with van der Waals surface area (Å²) < 4.78 is 0. The molecule has 1 fully saturated rings. The Morgan fingerprint density at radius 3 is 2.56 bits per heavy atom. The molecule has 0 spiro atoms. The Hall–Kier alpha value is -1.11. The zero-order valence-corrected chi connectivity index (χ0v) is 9.94. The third-order valence-corrected chi connectivity index (χ3v) is 3.43. The minimum atomic E-state index is 0.968. The van der Waals surface area contributed by atoms with Gasteiger partial charge in [0.05, 0.1) is 5.69 Å². The third-order valence-electron chi connectivity index (χ3n) is 3.43. The molecule has 1 aliphatic rings. The molecule has 1 aromatic carbocycles. The van der Waals surface area contributed by atoms with Crippen molar-refractivity contribution in [2.24, 2.45) is 10.9 Å². The summed E-state index contributed by atoms with van der Waals surface area (Å²) in [7, 11) is 0. The molecule has 0 unspecified atom stereocenters. The number of hydrogen-bond donors (Lipinski definition) is 0. The van der Waals surface area contributed by atoms with E-state index in [0.29, 0.717) is 0 Å². The molecule has 0 amide bonds. The van der Waals surface area contributed by atoms with Gasteiger partial charge in [-0.05, 0) is 30.9 Å². The van der Waals surface area contributed by atoms with Gasteiger partial charge in [0.1, 0.15) is 0 Å². The standard InChI is InChI=1S/C15H21N/c1-3-8-14(9-4-1)10-7-13-16-15-11-5-2-6-12-15/h2,5-6,11-14H,1,3-4,7-10H2. The van der Waals surface area contributed by atoms with E-state index in [0.717, 1.165) is 18.0 Å². The predicted molar refractivity (Wildman–Crippen MR) is 70.4 cm³/mol. The van der Waals surface area contributed by atoms with E-state index in [4.69, 9.17) is 0 Å². The summed E-state index contributed by atoms with van der Waals surface area (Å²) in [6.07, 6.45) is 11.8. The summed E-state index contributed by atoms with van der Waals surface area (Å²) in [6, 6.07) is 10.2. The zero-order valence-electron chi connectivity index (χ0n) is 9.94. The van der Waals surface area contributed by atoms with Gasteiger partial charge in [-0.2, -0.15) is 0 Å². The monoisotopic (exact) mass is 215 g/mol. The number of para-hydroxylation sites is 1. The minimum absolute atomic E-state index is 0.968. The van der Waals surface area contributed by atoms with Crippen LogP contribution in [0.5, 0.6) is 0 Å². The van der Waals surface area contributed by atoms with Gasteiger partial charge in [-0.25, -0.2) is 0 Å². The zero-order chi connectivity index (χ0) is 11.1. The van der Waals surface area contributed by atoms with Gasteiger partial charge >= 0.3 is 0 Å². The van der Waals surface area contributed by atoms with Crippen molar-refractivity contribution in [2.45, 2.75) is 44.9 Å². The number of rotatable bonds is 4. The van der Waals surface area contributed by atoms with Crippen molar-refractivity contribution in [3.63, 3.8) is 0 Å². The Labute approximate surface area is 98.6 Å². The largest absolute Gasteiger partial charge is 0.261 e. The Kier molecular flexibility index (Phi) is 4.60. The maximum absolute atomic E-state index is 4.47. The van der Waals surface area contributed by atoms with Crippen LogP contribution in [0.3, 0.4) is 0 Å². The molecule has 0 atom stereocenters. The molecule has 0 heterocycles. The highest BCUT2D eigenvalue weighted by atomic mass is 14.7. The number of aliphatic imine (C=N–C) groups is 1. The summed E-state index contributed by atoms with van der Waals surface area (Å²) >= 11 is 0. The summed E-state index contributed by atoms with van der Waals surface area (Å²) in [5, 5.41) is 0. The highest BCUT2D eigenvalue weighted by Gasteiger charge is 2.11. The number of benzene rings is 1. The van der Waals surface area contributed by atoms with E-state index in [1.165, 1.54) is 38.5 Å². The van der Waals surface area contributed by atoms with Crippen LogP contribution in [0, 0.1) is 5.92 Å². The van der Waals surface area contributed by atoms with Crippen LogP contribution in [-0.4, -0.2) is 6.21 Å². The molecule has 1 nitrogen and oxygen atoms in total. The van der Waals surface area contributed by atoms with Crippen molar-refractivity contribution in [1.29, 1.82) is 0 Å². The van der Waals surface area contributed by atoms with E-state index < -0.39 is 0 Å². The van der Waals surface area contributed by atoms with E-state index in [1.807, 2.05) is 18.2 Å². The van der Waals surface area contributed by atoms with Crippen LogP contribution < -0.4 is 0 Å². The molecular formula is C15H21N. The lowest BCUT2D eigenvalue weighted by Gasteiger charge is -2.20. The van der Waals surface area contributed by atoms with Crippen molar-refractivity contribution in [3.8, 4) is 0 Å². The average molecular weight is 215 g/mol. The Balaban J connectivity index is 1.69. The first kappa shape index (κ1) is 11.4. The first-order valence-electron chi connectivity index (χ1n) is 6.53. The SMILES string of the molecule is C(CCC1CCCCC1)=Nc1ccccc1. The van der Waals surface area contributed by atoms with Crippen molar-refractivity contribution in [3.05, 3.63) is 30.3 Å². The maximum atomic E-state index is 4.47. The number of hydrogen-bond acceptors (Lipinski definition) is 1. The van der Waals surface area contributed by atoms with Crippen molar-refractivity contribution >= 4 is 11.9 Å². The highest BCUT2D eigenvalue weighted by molar-refractivity contribution is 5.62. The topological polar surface area (TPSA) is 12.4 Å². The molecule has 0 saturated heterocycles. The fraction of sp³-hybridized carbons (Fsp3) is 0.533. The quantitative estimate of drug-likeness (QED) is 0.643. The lowest BCUT2D eigenvalue weighted by Crippen LogP contribution is -2.05. The molecule has 2 rings (SSSR count). The van der Waals surface area contributed by atoms with Gasteiger partial charge < -0.3 is 0 Å². The molecule has 86 valence electrons. The van der Waals surface area contributed by atoms with E-state index in [1.54, 1.807) is 0 Å². The van der Waals surface area contributed by atoms with Crippen molar-refractivity contribution < 1.29 is 0 Å². The summed E-state index contributed by atoms with van der Waals surface area (Å²) in [5.74, 6) is 0.968. The van der Waals surface area contributed by atoms with E-state index >= 15 is 0 Å². The molecule has 1 aromatic rings. The first-order valence-corrected chi connectivity index (χ1v) is 6.53. The molecule has 0 bridgehead atoms. The summed E-state index contributed by atoms with van der Waals surface area (Å²) in [5.41, 5.74) is 1.08. The highest BCUT2D eigenvalue weighted by Crippen LogP contribution is 2.26. The van der Waals surface area contributed by atoms with Gasteiger partial charge in [0.2, 0.25) is 0 Å². The smallest absolute Gasteiger partial charge is 0.0625 e. The molecular weight excluding hydrogens is 194 g/mol. The second kappa shape index (κ2) is 6.47. The van der Waals surface area contributed by atoms with Crippen LogP contribution in [-0.2, 0) is 0 Å². The molecule has 0 radical (unpaired) electrons. The van der Waals surface area contributed by atoms with Crippen LogP contribution in [0.15, 0.2) is 35.3 Å². The lowest BCUT2D eigenvalue weighted by atomic mass is 9.86. The van der Waals surface area contributed by atoms with E-state index in [-0.39, 0.29) is 0 Å². The Morgan fingerprint density at radius 1 is 1.06 bits per heavy atom. The summed E-state index contributed by atoms with van der Waals surface area (Å²) in [4.78, 5) is 4.47. The van der Waals surface area contributed by atoms with Gasteiger partial charge in [-0.3, -0.25) is 4.99 Å². The predicted octanol–water partition coefficient (Wildman–Crippen LogP) is 4.75. The van der Waals surface area contributed by atoms with Gasteiger partial charge in [0.25, 0.3) is 0 Å². The molecule has 1 aliphatic carbocycles. The van der Waals surface area contributed by atoms with E-state index in [9.17, 15) is 0 Å². The first-order chi connectivity index (χ1) is 7.95. The van der Waals surface area contributed by atoms with Gasteiger partial charge in [0, 0.05) is 6.21 Å². The van der Waals surface area contributed by atoms with Crippen LogP contribution in [0.4, 0.5) is 5.69 Å². The molecule has 0 aliphatic heterocycles. The minimum Gasteiger partial charge on any atom is -0.261 e. The lowest BCUT2D eigenvalue weighted by molar-refractivity contribution is 0.344. The second-order valence-electron chi connectivity index (χ2n) is 4.73. The molecule has 16 heavy (non-hydrogen) atoms. The fourth-order valence-corrected chi connectivity index (χ4v) is 2.47. The molecule has 1 saturated carbocycles. The van der Waals surface area contributed by atoms with E-state index in [2.05, 4.69) is 23.3 Å². The van der Waals surface area contributed by atoms with Gasteiger partial charge in [-0.1, -0.05) is 50.3 Å². The second-order valence-corrected chi connectivity index (χ2v) is 4.73. The fourth-order valence-electron chi connectivity index (χ4n) is 2.47. The number of nitrogens with zero attached hydrogens (tertiary/aromatic N) is 1. The molecule has 0 N–H and O–H groups in total. The van der Waals surface area contributed by atoms with Crippen LogP contribution >= 0.6 is 0 Å².